The Morgan fingerprint density at radius 1 is 1.50 bits per heavy atom. The molecule has 0 fully saturated rings. The van der Waals surface area contributed by atoms with Crippen LogP contribution in [0, 0.1) is 16.7 Å². The summed E-state index contributed by atoms with van der Waals surface area (Å²) >= 11 is 1.85. The second-order valence-electron chi connectivity index (χ2n) is 4.59. The molecule has 0 aliphatic carbocycles. The van der Waals surface area contributed by atoms with Crippen LogP contribution in [0.3, 0.4) is 0 Å². The van der Waals surface area contributed by atoms with E-state index in [1.54, 1.807) is 0 Å². The summed E-state index contributed by atoms with van der Waals surface area (Å²) in [4.78, 5) is 0. The average Bonchev–Trinajstić information content (AvgIpc) is 2.25. The number of thioether (sulfide) groups is 1. The maximum Gasteiger partial charge on any atom is 0.0977 e. The van der Waals surface area contributed by atoms with E-state index in [0.717, 1.165) is 23.6 Å². The summed E-state index contributed by atoms with van der Waals surface area (Å²) < 4.78 is 0. The number of allylic oxidation sites excluding steroid dienone is 1. The lowest BCUT2D eigenvalue weighted by Gasteiger charge is -2.25. The summed E-state index contributed by atoms with van der Waals surface area (Å²) in [6.07, 6.45) is 0. The number of hydrogen-bond acceptors (Lipinski definition) is 3. The monoisotopic (exact) mass is 210 g/mol. The molecule has 0 saturated carbocycles. The van der Waals surface area contributed by atoms with Crippen LogP contribution >= 0.6 is 11.8 Å². The number of nitriles is 1. The van der Waals surface area contributed by atoms with E-state index in [4.69, 9.17) is 5.26 Å². The van der Waals surface area contributed by atoms with E-state index in [2.05, 4.69) is 39.1 Å². The van der Waals surface area contributed by atoms with Gasteiger partial charge in [0.15, 0.2) is 0 Å². The molecule has 0 saturated heterocycles. The number of hydrogen-bond donors (Lipinski definition) is 1. The standard InChI is InChI=1S/C11H18N2S/c1-8-9(7-12)10(11(2,3)4)13-5-6-14-8/h8,13H,5-6H2,1-4H3. The zero-order chi connectivity index (χ0) is 10.8. The highest BCUT2D eigenvalue weighted by molar-refractivity contribution is 8.00. The first kappa shape index (κ1) is 11.5. The predicted molar refractivity (Wildman–Crippen MR) is 62.0 cm³/mol. The molecule has 0 bridgehead atoms. The van der Waals surface area contributed by atoms with Gasteiger partial charge in [-0.3, -0.25) is 0 Å². The van der Waals surface area contributed by atoms with Crippen LogP contribution in [0.2, 0.25) is 0 Å². The molecule has 0 aromatic carbocycles. The summed E-state index contributed by atoms with van der Waals surface area (Å²) in [5.41, 5.74) is 2.09. The van der Waals surface area contributed by atoms with Crippen LogP contribution in [0.4, 0.5) is 0 Å². The van der Waals surface area contributed by atoms with E-state index in [1.807, 2.05) is 11.8 Å². The fraction of sp³-hybridized carbons (Fsp3) is 0.727. The van der Waals surface area contributed by atoms with Crippen LogP contribution in [0.25, 0.3) is 0 Å². The summed E-state index contributed by atoms with van der Waals surface area (Å²) in [6, 6.07) is 2.35. The molecule has 0 radical (unpaired) electrons. The van der Waals surface area contributed by atoms with Gasteiger partial charge in [0.05, 0.1) is 11.6 Å². The highest BCUT2D eigenvalue weighted by atomic mass is 32.2. The first-order valence-corrected chi connectivity index (χ1v) is 6.02. The molecule has 1 aliphatic heterocycles. The van der Waals surface area contributed by atoms with Gasteiger partial charge in [0.25, 0.3) is 0 Å². The first-order valence-electron chi connectivity index (χ1n) is 4.97. The van der Waals surface area contributed by atoms with Crippen LogP contribution in [0.5, 0.6) is 0 Å². The van der Waals surface area contributed by atoms with Crippen molar-refractivity contribution in [3.8, 4) is 6.07 Å². The molecule has 1 rings (SSSR count). The molecule has 0 aromatic heterocycles. The molecule has 14 heavy (non-hydrogen) atoms. The summed E-state index contributed by atoms with van der Waals surface area (Å²) in [5, 5.41) is 12.9. The molecule has 1 atom stereocenters. The van der Waals surface area contributed by atoms with Crippen molar-refractivity contribution in [1.29, 1.82) is 5.26 Å². The quantitative estimate of drug-likeness (QED) is 0.667. The van der Waals surface area contributed by atoms with Gasteiger partial charge in [-0.1, -0.05) is 20.8 Å². The maximum absolute atomic E-state index is 9.16. The Hall–Kier alpha value is -0.620. The largest absolute Gasteiger partial charge is 0.386 e. The molecule has 0 amide bonds. The van der Waals surface area contributed by atoms with Crippen LogP contribution < -0.4 is 5.32 Å². The minimum Gasteiger partial charge on any atom is -0.386 e. The molecule has 3 heteroatoms. The molecular formula is C11H18N2S. The van der Waals surface area contributed by atoms with E-state index in [9.17, 15) is 0 Å². The molecule has 1 unspecified atom stereocenters. The normalized spacial score (nSPS) is 23.8. The van der Waals surface area contributed by atoms with Crippen molar-refractivity contribution in [1.82, 2.24) is 5.32 Å². The minimum atomic E-state index is 0.0459. The summed E-state index contributed by atoms with van der Waals surface area (Å²) in [5.74, 6) is 1.08. The molecule has 0 spiro atoms. The molecule has 1 heterocycles. The zero-order valence-corrected chi connectivity index (χ0v) is 10.2. The van der Waals surface area contributed by atoms with Gasteiger partial charge < -0.3 is 5.32 Å². The van der Waals surface area contributed by atoms with Gasteiger partial charge in [0.2, 0.25) is 0 Å². The lowest BCUT2D eigenvalue weighted by atomic mass is 9.88. The van der Waals surface area contributed by atoms with Crippen molar-refractivity contribution in [3.05, 3.63) is 11.3 Å². The van der Waals surface area contributed by atoms with Crippen LogP contribution in [-0.4, -0.2) is 17.5 Å². The topological polar surface area (TPSA) is 35.8 Å². The molecular weight excluding hydrogens is 192 g/mol. The third kappa shape index (κ3) is 2.45. The van der Waals surface area contributed by atoms with Crippen molar-refractivity contribution < 1.29 is 0 Å². The lowest BCUT2D eigenvalue weighted by Crippen LogP contribution is -2.27. The van der Waals surface area contributed by atoms with Crippen LogP contribution in [0.1, 0.15) is 27.7 Å². The van der Waals surface area contributed by atoms with E-state index >= 15 is 0 Å². The number of nitrogens with zero attached hydrogens (tertiary/aromatic N) is 1. The fourth-order valence-electron chi connectivity index (χ4n) is 1.61. The summed E-state index contributed by atoms with van der Waals surface area (Å²) in [6.45, 7) is 9.52. The third-order valence-electron chi connectivity index (χ3n) is 2.32. The molecule has 1 aliphatic rings. The average molecular weight is 210 g/mol. The molecule has 1 N–H and O–H groups in total. The minimum absolute atomic E-state index is 0.0459. The predicted octanol–water partition coefficient (Wildman–Crippen LogP) is 2.54. The molecule has 78 valence electrons. The Morgan fingerprint density at radius 3 is 2.64 bits per heavy atom. The van der Waals surface area contributed by atoms with Gasteiger partial charge in [-0.25, -0.2) is 0 Å². The van der Waals surface area contributed by atoms with E-state index in [0.29, 0.717) is 5.25 Å². The zero-order valence-electron chi connectivity index (χ0n) is 9.35. The number of nitrogens with one attached hydrogen (secondary N) is 1. The van der Waals surface area contributed by atoms with Crippen LogP contribution in [0.15, 0.2) is 11.3 Å². The van der Waals surface area contributed by atoms with Gasteiger partial charge >= 0.3 is 0 Å². The maximum atomic E-state index is 9.16. The Kier molecular flexibility index (Phi) is 3.49. The van der Waals surface area contributed by atoms with Gasteiger partial charge in [-0.2, -0.15) is 17.0 Å². The Labute approximate surface area is 90.8 Å². The third-order valence-corrected chi connectivity index (χ3v) is 3.49. The van der Waals surface area contributed by atoms with Crippen molar-refractivity contribution in [2.24, 2.45) is 5.41 Å². The fourth-order valence-corrected chi connectivity index (χ4v) is 2.52. The molecule has 2 nitrogen and oxygen atoms in total. The van der Waals surface area contributed by atoms with Gasteiger partial charge in [-0.05, 0) is 6.92 Å². The second-order valence-corrected chi connectivity index (χ2v) is 6.04. The smallest absolute Gasteiger partial charge is 0.0977 e. The number of rotatable bonds is 0. The Morgan fingerprint density at radius 2 is 2.14 bits per heavy atom. The highest BCUT2D eigenvalue weighted by Crippen LogP contribution is 2.32. The van der Waals surface area contributed by atoms with Gasteiger partial charge in [0, 0.05) is 28.7 Å². The van der Waals surface area contributed by atoms with Crippen molar-refractivity contribution in [2.45, 2.75) is 32.9 Å². The Bertz CT molecular complexity index is 281. The van der Waals surface area contributed by atoms with E-state index < -0.39 is 0 Å². The summed E-state index contributed by atoms with van der Waals surface area (Å²) in [7, 11) is 0. The van der Waals surface area contributed by atoms with E-state index in [1.165, 1.54) is 0 Å². The Balaban J connectivity index is 3.11. The van der Waals surface area contributed by atoms with Crippen molar-refractivity contribution >= 4 is 11.8 Å². The van der Waals surface area contributed by atoms with Crippen molar-refractivity contribution in [2.75, 3.05) is 12.3 Å². The SMILES string of the molecule is CC1SCCNC(C(C)(C)C)=C1C#N. The van der Waals surface area contributed by atoms with Gasteiger partial charge in [-0.15, -0.1) is 0 Å². The van der Waals surface area contributed by atoms with Crippen LogP contribution in [-0.2, 0) is 0 Å². The van der Waals surface area contributed by atoms with E-state index in [-0.39, 0.29) is 5.41 Å². The second kappa shape index (κ2) is 4.27. The van der Waals surface area contributed by atoms with Gasteiger partial charge in [0.1, 0.15) is 0 Å². The molecule has 0 aromatic rings. The van der Waals surface area contributed by atoms with Crippen molar-refractivity contribution in [3.63, 3.8) is 0 Å². The first-order chi connectivity index (χ1) is 6.46. The lowest BCUT2D eigenvalue weighted by molar-refractivity contribution is 0.460. The highest BCUT2D eigenvalue weighted by Gasteiger charge is 2.26.